The summed E-state index contributed by atoms with van der Waals surface area (Å²) in [5.74, 6) is 0.246. The van der Waals surface area contributed by atoms with Gasteiger partial charge in [-0.15, -0.1) is 0 Å². The number of fused-ring (bicyclic) bond motifs is 1. The Kier molecular flexibility index (Phi) is 1.84. The van der Waals surface area contributed by atoms with Gasteiger partial charge in [0.15, 0.2) is 5.78 Å². The van der Waals surface area contributed by atoms with E-state index in [1.807, 2.05) is 18.2 Å². The van der Waals surface area contributed by atoms with Crippen molar-refractivity contribution in [3.8, 4) is 0 Å². The molecule has 2 aliphatic carbocycles. The van der Waals surface area contributed by atoms with E-state index >= 15 is 0 Å². The van der Waals surface area contributed by atoms with Crippen LogP contribution in [-0.2, 0) is 6.42 Å². The van der Waals surface area contributed by atoms with Crippen LogP contribution in [-0.4, -0.2) is 5.78 Å². The molecule has 0 aliphatic heterocycles. The van der Waals surface area contributed by atoms with Crippen LogP contribution in [0.15, 0.2) is 47.6 Å². The number of carbonyl (C=O) groups is 1. The molecule has 0 bridgehead atoms. The fourth-order valence-electron chi connectivity index (χ4n) is 2.40. The molecule has 3 rings (SSSR count). The Morgan fingerprint density at radius 2 is 2.00 bits per heavy atom. The summed E-state index contributed by atoms with van der Waals surface area (Å²) in [5.41, 5.74) is 4.35. The molecule has 0 heterocycles. The van der Waals surface area contributed by atoms with Crippen LogP contribution < -0.4 is 0 Å². The molecule has 0 amide bonds. The maximum Gasteiger partial charge on any atom is 0.189 e. The molecule has 0 radical (unpaired) electrons. The van der Waals surface area contributed by atoms with E-state index in [4.69, 9.17) is 0 Å². The van der Waals surface area contributed by atoms with Crippen molar-refractivity contribution < 1.29 is 4.79 Å². The zero-order valence-electron chi connectivity index (χ0n) is 8.49. The second-order valence-corrected chi connectivity index (χ2v) is 4.11. The first kappa shape index (κ1) is 8.66. The summed E-state index contributed by atoms with van der Waals surface area (Å²) in [7, 11) is 0. The summed E-state index contributed by atoms with van der Waals surface area (Å²) in [6.07, 6.45) is 7.13. The predicted molar refractivity (Wildman–Crippen MR) is 59.9 cm³/mol. The van der Waals surface area contributed by atoms with Gasteiger partial charge in [0.25, 0.3) is 0 Å². The first-order valence-corrected chi connectivity index (χ1v) is 5.37. The smallest absolute Gasteiger partial charge is 0.189 e. The lowest BCUT2D eigenvalue weighted by Gasteiger charge is -2.22. The summed E-state index contributed by atoms with van der Waals surface area (Å²) < 4.78 is 0. The van der Waals surface area contributed by atoms with Gasteiger partial charge < -0.3 is 0 Å². The van der Waals surface area contributed by atoms with Crippen molar-refractivity contribution in [2.45, 2.75) is 19.3 Å². The minimum absolute atomic E-state index is 0.246. The molecule has 0 aromatic heterocycles. The molecule has 1 aromatic carbocycles. The van der Waals surface area contributed by atoms with Crippen LogP contribution in [0.2, 0.25) is 0 Å². The lowest BCUT2D eigenvalue weighted by atomic mass is 9.81. The van der Waals surface area contributed by atoms with E-state index in [2.05, 4.69) is 18.2 Å². The lowest BCUT2D eigenvalue weighted by molar-refractivity contribution is 0.102. The van der Waals surface area contributed by atoms with Gasteiger partial charge in [0.2, 0.25) is 0 Å². The number of allylic oxidation sites excluding steroid dienone is 4. The van der Waals surface area contributed by atoms with Gasteiger partial charge in [-0.25, -0.2) is 0 Å². The molecule has 0 spiro atoms. The molecule has 1 aromatic rings. The van der Waals surface area contributed by atoms with Gasteiger partial charge in [-0.3, -0.25) is 4.79 Å². The standard InChI is InChI=1S/C14H12O/c15-14-12-7-3-1-5-10(12)9-11-6-2-4-8-13(11)14/h1-3,5-7H,4,8-9H2. The minimum Gasteiger partial charge on any atom is -0.289 e. The predicted octanol–water partition coefficient (Wildman–Crippen LogP) is 3.07. The van der Waals surface area contributed by atoms with Crippen molar-refractivity contribution in [2.75, 3.05) is 0 Å². The van der Waals surface area contributed by atoms with Crippen molar-refractivity contribution in [3.63, 3.8) is 0 Å². The van der Waals surface area contributed by atoms with Crippen molar-refractivity contribution >= 4 is 5.78 Å². The number of benzene rings is 1. The molecule has 0 unspecified atom stereocenters. The fourth-order valence-corrected chi connectivity index (χ4v) is 2.40. The van der Waals surface area contributed by atoms with Gasteiger partial charge in [0.05, 0.1) is 0 Å². The second kappa shape index (κ2) is 3.20. The summed E-state index contributed by atoms with van der Waals surface area (Å²) >= 11 is 0. The van der Waals surface area contributed by atoms with Crippen LogP contribution in [0.3, 0.4) is 0 Å². The maximum absolute atomic E-state index is 12.2. The average Bonchev–Trinajstić information content (AvgIpc) is 2.30. The summed E-state index contributed by atoms with van der Waals surface area (Å²) in [4.78, 5) is 12.2. The highest BCUT2D eigenvalue weighted by Gasteiger charge is 2.24. The zero-order chi connectivity index (χ0) is 10.3. The van der Waals surface area contributed by atoms with E-state index in [-0.39, 0.29) is 5.78 Å². The molecule has 1 heteroatoms. The molecule has 0 fully saturated rings. The van der Waals surface area contributed by atoms with E-state index in [0.29, 0.717) is 0 Å². The van der Waals surface area contributed by atoms with E-state index in [1.54, 1.807) is 0 Å². The topological polar surface area (TPSA) is 17.1 Å². The van der Waals surface area contributed by atoms with Gasteiger partial charge >= 0.3 is 0 Å². The van der Waals surface area contributed by atoms with Gasteiger partial charge in [0, 0.05) is 11.1 Å². The summed E-state index contributed by atoms with van der Waals surface area (Å²) in [6, 6.07) is 7.95. The van der Waals surface area contributed by atoms with E-state index < -0.39 is 0 Å². The van der Waals surface area contributed by atoms with Crippen molar-refractivity contribution in [2.24, 2.45) is 0 Å². The van der Waals surface area contributed by atoms with Gasteiger partial charge in [-0.2, -0.15) is 0 Å². The van der Waals surface area contributed by atoms with Crippen LogP contribution >= 0.6 is 0 Å². The van der Waals surface area contributed by atoms with Gasteiger partial charge in [-0.1, -0.05) is 36.4 Å². The normalized spacial score (nSPS) is 18.8. The molecule has 0 N–H and O–H groups in total. The molecular formula is C14H12O. The highest BCUT2D eigenvalue weighted by molar-refractivity contribution is 6.11. The number of Topliss-reactive ketones (excluding diaryl/α,β-unsaturated/α-hetero) is 1. The van der Waals surface area contributed by atoms with Crippen LogP contribution in [0.1, 0.15) is 28.8 Å². The fraction of sp³-hybridized carbons (Fsp3) is 0.214. The van der Waals surface area contributed by atoms with Crippen LogP contribution in [0, 0.1) is 0 Å². The number of ketones is 1. The van der Waals surface area contributed by atoms with E-state index in [1.165, 1.54) is 11.1 Å². The monoisotopic (exact) mass is 196 g/mol. The van der Waals surface area contributed by atoms with Crippen LogP contribution in [0.5, 0.6) is 0 Å². The number of rotatable bonds is 0. The Bertz CT molecular complexity index is 492. The molecule has 2 aliphatic rings. The summed E-state index contributed by atoms with van der Waals surface area (Å²) in [6.45, 7) is 0. The Balaban J connectivity index is 2.15. The SMILES string of the molecule is O=C1C2=C(C=CCC2)Cc2ccccc21. The van der Waals surface area contributed by atoms with E-state index in [0.717, 1.165) is 30.4 Å². The van der Waals surface area contributed by atoms with Gasteiger partial charge in [-0.05, 0) is 30.4 Å². The molecule has 74 valence electrons. The number of hydrogen-bond acceptors (Lipinski definition) is 1. The third-order valence-electron chi connectivity index (χ3n) is 3.18. The first-order valence-electron chi connectivity index (χ1n) is 5.37. The second-order valence-electron chi connectivity index (χ2n) is 4.11. The Labute approximate surface area is 89.1 Å². The van der Waals surface area contributed by atoms with Crippen molar-refractivity contribution in [3.05, 3.63) is 58.7 Å². The third-order valence-corrected chi connectivity index (χ3v) is 3.18. The Morgan fingerprint density at radius 1 is 1.13 bits per heavy atom. The maximum atomic E-state index is 12.2. The zero-order valence-corrected chi connectivity index (χ0v) is 8.49. The van der Waals surface area contributed by atoms with Crippen molar-refractivity contribution in [1.29, 1.82) is 0 Å². The average molecular weight is 196 g/mol. The highest BCUT2D eigenvalue weighted by Crippen LogP contribution is 2.31. The molecular weight excluding hydrogens is 184 g/mol. The Morgan fingerprint density at radius 3 is 2.93 bits per heavy atom. The molecule has 0 atom stereocenters. The highest BCUT2D eigenvalue weighted by atomic mass is 16.1. The van der Waals surface area contributed by atoms with Crippen LogP contribution in [0.25, 0.3) is 0 Å². The Hall–Kier alpha value is -1.63. The molecule has 0 saturated carbocycles. The lowest BCUT2D eigenvalue weighted by Crippen LogP contribution is -2.17. The molecule has 1 nitrogen and oxygen atoms in total. The minimum atomic E-state index is 0.246. The van der Waals surface area contributed by atoms with E-state index in [9.17, 15) is 4.79 Å². The first-order chi connectivity index (χ1) is 7.36. The number of carbonyl (C=O) groups excluding carboxylic acids is 1. The van der Waals surface area contributed by atoms with Gasteiger partial charge in [0.1, 0.15) is 0 Å². The third kappa shape index (κ3) is 1.27. The molecule has 15 heavy (non-hydrogen) atoms. The quantitative estimate of drug-likeness (QED) is 0.623. The van der Waals surface area contributed by atoms with Crippen molar-refractivity contribution in [1.82, 2.24) is 0 Å². The molecule has 0 saturated heterocycles. The largest absolute Gasteiger partial charge is 0.289 e. The number of hydrogen-bond donors (Lipinski definition) is 0. The van der Waals surface area contributed by atoms with Crippen LogP contribution in [0.4, 0.5) is 0 Å². The summed E-state index contributed by atoms with van der Waals surface area (Å²) in [5, 5.41) is 0.